The minimum Gasteiger partial charge on any atom is -0.326 e. The molecule has 21 heavy (non-hydrogen) atoms. The number of sulfonamides is 1. The van der Waals surface area contributed by atoms with Gasteiger partial charge in [-0.2, -0.15) is 0 Å². The van der Waals surface area contributed by atoms with E-state index in [1.54, 1.807) is 0 Å². The molecule has 3 aliphatic carbocycles. The second-order valence-electron chi connectivity index (χ2n) is 6.60. The molecule has 4 unspecified atom stereocenters. The summed E-state index contributed by atoms with van der Waals surface area (Å²) in [7, 11) is -3.80. The maximum absolute atomic E-state index is 13.9. The van der Waals surface area contributed by atoms with Gasteiger partial charge >= 0.3 is 0 Å². The fourth-order valence-electron chi connectivity index (χ4n) is 4.61. The average molecular weight is 310 g/mol. The van der Waals surface area contributed by atoms with Gasteiger partial charge in [0.2, 0.25) is 10.0 Å². The first-order valence-corrected chi connectivity index (χ1v) is 9.00. The Kier molecular flexibility index (Phi) is 2.93. The molecule has 0 aromatic heterocycles. The lowest BCUT2D eigenvalue weighted by atomic mass is 10.0. The van der Waals surface area contributed by atoms with Gasteiger partial charge in [0.1, 0.15) is 10.7 Å². The molecular weight excluding hydrogens is 291 g/mol. The summed E-state index contributed by atoms with van der Waals surface area (Å²) in [6, 6.07) is 4.04. The van der Waals surface area contributed by atoms with E-state index in [9.17, 15) is 12.8 Å². The maximum Gasteiger partial charge on any atom is 0.243 e. The third-order valence-corrected chi connectivity index (χ3v) is 7.02. The highest BCUT2D eigenvalue weighted by Crippen LogP contribution is 2.65. The summed E-state index contributed by atoms with van der Waals surface area (Å²) in [5.41, 5.74) is 6.13. The largest absolute Gasteiger partial charge is 0.326 e. The van der Waals surface area contributed by atoms with Crippen LogP contribution in [0.1, 0.15) is 24.8 Å². The number of benzene rings is 1. The van der Waals surface area contributed by atoms with Crippen LogP contribution >= 0.6 is 0 Å². The van der Waals surface area contributed by atoms with Crippen LogP contribution in [0.15, 0.2) is 23.1 Å². The summed E-state index contributed by atoms with van der Waals surface area (Å²) in [5.74, 6) is 1.60. The zero-order valence-electron chi connectivity index (χ0n) is 11.6. The van der Waals surface area contributed by atoms with Gasteiger partial charge in [-0.15, -0.1) is 0 Å². The van der Waals surface area contributed by atoms with Gasteiger partial charge in [0.25, 0.3) is 0 Å². The average Bonchev–Trinajstić information content (AvgIpc) is 2.85. The van der Waals surface area contributed by atoms with Gasteiger partial charge in [0.05, 0.1) is 0 Å². The molecule has 4 nitrogen and oxygen atoms in total. The molecule has 0 heterocycles. The second kappa shape index (κ2) is 4.51. The van der Waals surface area contributed by atoms with Crippen molar-refractivity contribution in [2.45, 2.75) is 36.7 Å². The van der Waals surface area contributed by atoms with Gasteiger partial charge in [0.15, 0.2) is 0 Å². The van der Waals surface area contributed by atoms with Crippen molar-refractivity contribution in [1.82, 2.24) is 4.72 Å². The molecular formula is C15H19FN2O2S. The van der Waals surface area contributed by atoms with E-state index in [0.717, 1.165) is 0 Å². The summed E-state index contributed by atoms with van der Waals surface area (Å²) < 4.78 is 41.5. The normalized spacial score (nSPS) is 36.8. The topological polar surface area (TPSA) is 72.2 Å². The highest BCUT2D eigenvalue weighted by molar-refractivity contribution is 7.89. The van der Waals surface area contributed by atoms with Crippen LogP contribution in [0.3, 0.4) is 0 Å². The van der Waals surface area contributed by atoms with E-state index in [1.807, 2.05) is 0 Å². The molecule has 3 N–H and O–H groups in total. The smallest absolute Gasteiger partial charge is 0.243 e. The van der Waals surface area contributed by atoms with Gasteiger partial charge in [0, 0.05) is 12.6 Å². The fraction of sp³-hybridized carbons (Fsp3) is 0.600. The van der Waals surface area contributed by atoms with E-state index in [4.69, 9.17) is 5.73 Å². The fourth-order valence-corrected chi connectivity index (χ4v) is 6.04. The first kappa shape index (κ1) is 13.7. The summed E-state index contributed by atoms with van der Waals surface area (Å²) in [6.07, 6.45) is 3.70. The highest BCUT2D eigenvalue weighted by atomic mass is 32.2. The number of nitrogens with two attached hydrogens (primary N) is 1. The van der Waals surface area contributed by atoms with Crippen LogP contribution in [0.2, 0.25) is 0 Å². The number of fused-ring (bicyclic) bond motifs is 5. The highest BCUT2D eigenvalue weighted by Gasteiger charge is 2.65. The van der Waals surface area contributed by atoms with Crippen LogP contribution in [0.5, 0.6) is 0 Å². The molecule has 4 rings (SSSR count). The first-order valence-electron chi connectivity index (χ1n) is 7.52. The molecule has 3 aliphatic rings. The molecule has 0 radical (unpaired) electrons. The predicted molar refractivity (Wildman–Crippen MR) is 76.2 cm³/mol. The van der Waals surface area contributed by atoms with Crippen molar-refractivity contribution in [1.29, 1.82) is 0 Å². The molecule has 114 valence electrons. The Balaban J connectivity index is 1.58. The number of hydrogen-bond acceptors (Lipinski definition) is 3. The molecule has 3 saturated carbocycles. The molecule has 0 spiro atoms. The van der Waals surface area contributed by atoms with Crippen LogP contribution < -0.4 is 10.5 Å². The Hall–Kier alpha value is -0.980. The lowest BCUT2D eigenvalue weighted by Crippen LogP contribution is -2.30. The van der Waals surface area contributed by atoms with Crippen molar-refractivity contribution in [2.24, 2.45) is 29.4 Å². The molecule has 1 aromatic rings. The predicted octanol–water partition coefficient (Wildman–Crippen LogP) is 1.61. The van der Waals surface area contributed by atoms with Crippen molar-refractivity contribution in [2.75, 3.05) is 0 Å². The van der Waals surface area contributed by atoms with Gasteiger partial charge in [-0.3, -0.25) is 0 Å². The van der Waals surface area contributed by atoms with Gasteiger partial charge in [-0.25, -0.2) is 17.5 Å². The van der Waals surface area contributed by atoms with E-state index in [0.29, 0.717) is 29.2 Å². The summed E-state index contributed by atoms with van der Waals surface area (Å²) in [5, 5.41) is 0. The lowest BCUT2D eigenvalue weighted by Gasteiger charge is -2.12. The molecule has 2 bridgehead atoms. The lowest BCUT2D eigenvalue weighted by molar-refractivity contribution is 0.456. The Morgan fingerprint density at radius 2 is 1.90 bits per heavy atom. The Labute approximate surface area is 124 Å². The Morgan fingerprint density at radius 1 is 1.24 bits per heavy atom. The SMILES string of the molecule is NCc1ccc(F)c(S(=O)(=O)NC2C3C4CCC(C4)C23)c1. The van der Waals surface area contributed by atoms with Crippen LogP contribution in [-0.4, -0.2) is 14.5 Å². The number of nitrogens with one attached hydrogen (secondary N) is 1. The third-order valence-electron chi connectivity index (χ3n) is 5.55. The third kappa shape index (κ3) is 2.04. The van der Waals surface area contributed by atoms with E-state index in [2.05, 4.69) is 4.72 Å². The van der Waals surface area contributed by atoms with Gasteiger partial charge in [-0.05, 0) is 60.6 Å². The van der Waals surface area contributed by atoms with Crippen molar-refractivity contribution < 1.29 is 12.8 Å². The zero-order chi connectivity index (χ0) is 14.8. The van der Waals surface area contributed by atoms with Gasteiger partial charge < -0.3 is 5.73 Å². The quantitative estimate of drug-likeness (QED) is 0.887. The van der Waals surface area contributed by atoms with Crippen LogP contribution in [0.4, 0.5) is 4.39 Å². The number of rotatable bonds is 4. The van der Waals surface area contributed by atoms with E-state index < -0.39 is 15.8 Å². The Morgan fingerprint density at radius 3 is 2.52 bits per heavy atom. The van der Waals surface area contributed by atoms with E-state index in [-0.39, 0.29) is 17.5 Å². The molecule has 0 amide bonds. The summed E-state index contributed by atoms with van der Waals surface area (Å²) in [4.78, 5) is -0.275. The van der Waals surface area contributed by atoms with Crippen molar-refractivity contribution in [3.05, 3.63) is 29.6 Å². The zero-order valence-corrected chi connectivity index (χ0v) is 12.4. The molecule has 3 fully saturated rings. The van der Waals surface area contributed by atoms with Crippen LogP contribution in [0.25, 0.3) is 0 Å². The van der Waals surface area contributed by atoms with Crippen molar-refractivity contribution in [3.8, 4) is 0 Å². The van der Waals surface area contributed by atoms with E-state index in [1.165, 1.54) is 37.5 Å². The number of hydrogen-bond donors (Lipinski definition) is 2. The molecule has 0 aliphatic heterocycles. The first-order chi connectivity index (χ1) is 10.0. The summed E-state index contributed by atoms with van der Waals surface area (Å²) >= 11 is 0. The van der Waals surface area contributed by atoms with Gasteiger partial charge in [-0.1, -0.05) is 6.07 Å². The standard InChI is InChI=1S/C15H19FN2O2S/c16-11-4-1-8(7-17)5-12(11)21(19,20)18-15-13-9-2-3-10(6-9)14(13)15/h1,4-5,9-10,13-15,18H,2-3,6-7,17H2. The molecule has 4 atom stereocenters. The van der Waals surface area contributed by atoms with Crippen LogP contribution in [-0.2, 0) is 16.6 Å². The number of halogens is 1. The minimum absolute atomic E-state index is 0.0159. The molecule has 0 saturated heterocycles. The molecule has 6 heteroatoms. The van der Waals surface area contributed by atoms with E-state index >= 15 is 0 Å². The maximum atomic E-state index is 13.9. The monoisotopic (exact) mass is 310 g/mol. The summed E-state index contributed by atoms with van der Waals surface area (Å²) in [6.45, 7) is 0.196. The molecule has 1 aromatic carbocycles. The second-order valence-corrected chi connectivity index (χ2v) is 8.29. The van der Waals surface area contributed by atoms with Crippen molar-refractivity contribution >= 4 is 10.0 Å². The Bertz CT molecular complexity index is 675. The minimum atomic E-state index is -3.80. The van der Waals surface area contributed by atoms with Crippen LogP contribution in [0, 0.1) is 29.5 Å². The van der Waals surface area contributed by atoms with Crippen molar-refractivity contribution in [3.63, 3.8) is 0 Å².